The third-order valence-corrected chi connectivity index (χ3v) is 6.48. The monoisotopic (exact) mass is 423 g/mol. The summed E-state index contributed by atoms with van der Waals surface area (Å²) in [6, 6.07) is 13.9. The number of rotatable bonds is 4. The number of nitrogens with zero attached hydrogens (tertiary/aromatic N) is 3. The highest BCUT2D eigenvalue weighted by molar-refractivity contribution is 6.33. The lowest BCUT2D eigenvalue weighted by Gasteiger charge is -2.29. The number of anilines is 1. The lowest BCUT2D eigenvalue weighted by molar-refractivity contribution is 0.0226. The maximum absolute atomic E-state index is 13.3. The Morgan fingerprint density at radius 1 is 1.27 bits per heavy atom. The van der Waals surface area contributed by atoms with Crippen LogP contribution < -0.4 is 4.90 Å². The molecule has 0 aromatic heterocycles. The Morgan fingerprint density at radius 2 is 2.00 bits per heavy atom. The fourth-order valence-corrected chi connectivity index (χ4v) is 4.74. The van der Waals surface area contributed by atoms with Gasteiger partial charge in [0.15, 0.2) is 0 Å². The number of halogens is 1. The van der Waals surface area contributed by atoms with Crippen LogP contribution >= 0.6 is 11.6 Å². The number of carbonyl (C=O) groups is 2. The van der Waals surface area contributed by atoms with Gasteiger partial charge in [0.05, 0.1) is 33.9 Å². The molecule has 6 nitrogen and oxygen atoms in total. The molecule has 3 atom stereocenters. The minimum Gasteiger partial charge on any atom is -0.456 e. The first kappa shape index (κ1) is 20.2. The zero-order valence-corrected chi connectivity index (χ0v) is 17.6. The molecule has 2 aromatic carbocycles. The first-order valence-corrected chi connectivity index (χ1v) is 10.4. The van der Waals surface area contributed by atoms with Crippen molar-refractivity contribution in [3.63, 3.8) is 0 Å². The summed E-state index contributed by atoms with van der Waals surface area (Å²) < 4.78 is 5.84. The van der Waals surface area contributed by atoms with E-state index in [0.717, 1.165) is 0 Å². The molecule has 0 N–H and O–H groups in total. The zero-order valence-electron chi connectivity index (χ0n) is 16.8. The van der Waals surface area contributed by atoms with Gasteiger partial charge in [0.25, 0.3) is 0 Å². The number of carbonyl (C=O) groups excluding carboxylic acids is 2. The summed E-state index contributed by atoms with van der Waals surface area (Å²) in [5, 5.41) is 9.58. The molecular formula is C23H22ClN3O3. The highest BCUT2D eigenvalue weighted by Crippen LogP contribution is 2.41. The summed E-state index contributed by atoms with van der Waals surface area (Å²) in [5.41, 5.74) is 2.27. The molecule has 2 heterocycles. The summed E-state index contributed by atoms with van der Waals surface area (Å²) in [6.07, 6.45) is 0.946. The van der Waals surface area contributed by atoms with Crippen LogP contribution in [0.5, 0.6) is 0 Å². The van der Waals surface area contributed by atoms with Crippen LogP contribution in [-0.2, 0) is 4.74 Å². The van der Waals surface area contributed by atoms with Gasteiger partial charge in [0, 0.05) is 13.0 Å². The fraction of sp³-hybridized carbons (Fsp3) is 0.348. The van der Waals surface area contributed by atoms with Gasteiger partial charge >= 0.3 is 12.0 Å². The Morgan fingerprint density at radius 3 is 2.67 bits per heavy atom. The number of fused-ring (bicyclic) bond motifs is 1. The van der Waals surface area contributed by atoms with Gasteiger partial charge in [-0.05, 0) is 43.2 Å². The molecule has 7 heteroatoms. The molecule has 2 aliphatic rings. The number of hydrogen-bond donors (Lipinski definition) is 0. The van der Waals surface area contributed by atoms with E-state index in [9.17, 15) is 14.9 Å². The second-order valence-corrected chi connectivity index (χ2v) is 7.97. The quantitative estimate of drug-likeness (QED) is 0.677. The molecule has 2 aliphatic heterocycles. The van der Waals surface area contributed by atoms with Gasteiger partial charge in [0.2, 0.25) is 0 Å². The first-order chi connectivity index (χ1) is 14.5. The maximum Gasteiger partial charge on any atom is 0.338 e. The topological polar surface area (TPSA) is 73.6 Å². The van der Waals surface area contributed by atoms with Crippen molar-refractivity contribution in [3.8, 4) is 6.07 Å². The predicted octanol–water partition coefficient (Wildman–Crippen LogP) is 4.54. The van der Waals surface area contributed by atoms with Crippen molar-refractivity contribution < 1.29 is 14.3 Å². The van der Waals surface area contributed by atoms with E-state index >= 15 is 0 Å². The molecular weight excluding hydrogens is 402 g/mol. The minimum atomic E-state index is -0.374. The molecule has 0 unspecified atom stereocenters. The van der Waals surface area contributed by atoms with Crippen molar-refractivity contribution in [2.45, 2.75) is 44.9 Å². The van der Waals surface area contributed by atoms with Crippen molar-refractivity contribution in [3.05, 3.63) is 64.2 Å². The Kier molecular flexibility index (Phi) is 5.40. The Labute approximate surface area is 180 Å². The number of esters is 1. The number of hydrogen-bond acceptors (Lipinski definition) is 4. The molecule has 0 radical (unpaired) electrons. The van der Waals surface area contributed by atoms with Crippen LogP contribution in [0.4, 0.5) is 10.5 Å². The van der Waals surface area contributed by atoms with Gasteiger partial charge in [-0.15, -0.1) is 0 Å². The van der Waals surface area contributed by atoms with Gasteiger partial charge in [-0.2, -0.15) is 5.26 Å². The normalized spacial score (nSPS) is 22.7. The van der Waals surface area contributed by atoms with Crippen LogP contribution in [-0.4, -0.2) is 41.6 Å². The first-order valence-electron chi connectivity index (χ1n) is 10.0. The van der Waals surface area contributed by atoms with Crippen LogP contribution in [0, 0.1) is 18.3 Å². The molecule has 0 saturated carbocycles. The largest absolute Gasteiger partial charge is 0.456 e. The molecule has 2 fully saturated rings. The highest BCUT2D eigenvalue weighted by Gasteiger charge is 2.54. The van der Waals surface area contributed by atoms with Gasteiger partial charge < -0.3 is 9.64 Å². The van der Waals surface area contributed by atoms with Crippen LogP contribution in [0.2, 0.25) is 5.02 Å². The van der Waals surface area contributed by atoms with Crippen molar-refractivity contribution >= 4 is 29.3 Å². The number of amides is 2. The fourth-order valence-electron chi connectivity index (χ4n) is 4.53. The van der Waals surface area contributed by atoms with Crippen LogP contribution in [0.3, 0.4) is 0 Å². The number of benzene rings is 2. The number of nitriles is 1. The highest BCUT2D eigenvalue weighted by atomic mass is 35.5. The Hall–Kier alpha value is -3.04. The van der Waals surface area contributed by atoms with Crippen molar-refractivity contribution in [1.82, 2.24) is 4.90 Å². The molecule has 2 amide bonds. The molecule has 154 valence electrons. The second kappa shape index (κ2) is 8.00. The molecule has 4 rings (SSSR count). The summed E-state index contributed by atoms with van der Waals surface area (Å²) in [5.74, 6) is -0.374. The van der Waals surface area contributed by atoms with Crippen molar-refractivity contribution in [1.29, 1.82) is 5.26 Å². The van der Waals surface area contributed by atoms with Crippen molar-refractivity contribution in [2.24, 2.45) is 0 Å². The van der Waals surface area contributed by atoms with E-state index in [1.54, 1.807) is 46.2 Å². The van der Waals surface area contributed by atoms with E-state index in [1.165, 1.54) is 0 Å². The zero-order chi connectivity index (χ0) is 21.4. The lowest BCUT2D eigenvalue weighted by atomic mass is 9.99. The Bertz CT molecular complexity index is 1030. The molecule has 30 heavy (non-hydrogen) atoms. The van der Waals surface area contributed by atoms with Crippen LogP contribution in [0.15, 0.2) is 42.5 Å². The van der Waals surface area contributed by atoms with E-state index in [1.807, 2.05) is 19.9 Å². The smallest absolute Gasteiger partial charge is 0.338 e. The van der Waals surface area contributed by atoms with E-state index < -0.39 is 0 Å². The second-order valence-electron chi connectivity index (χ2n) is 7.59. The summed E-state index contributed by atoms with van der Waals surface area (Å²) in [4.78, 5) is 29.4. The van der Waals surface area contributed by atoms with E-state index in [-0.39, 0.29) is 30.2 Å². The Balaban J connectivity index is 1.63. The molecule has 2 aromatic rings. The molecule has 0 spiro atoms. The van der Waals surface area contributed by atoms with Crippen LogP contribution in [0.25, 0.3) is 0 Å². The third kappa shape index (κ3) is 3.20. The predicted molar refractivity (Wildman–Crippen MR) is 114 cm³/mol. The molecule has 2 saturated heterocycles. The number of urea groups is 1. The summed E-state index contributed by atoms with van der Waals surface area (Å²) in [6.45, 7) is 4.37. The minimum absolute atomic E-state index is 0.117. The van der Waals surface area contributed by atoms with Crippen molar-refractivity contribution in [2.75, 3.05) is 11.4 Å². The summed E-state index contributed by atoms with van der Waals surface area (Å²) in [7, 11) is 0. The van der Waals surface area contributed by atoms with E-state index in [2.05, 4.69) is 6.07 Å². The average Bonchev–Trinajstić information content (AvgIpc) is 3.29. The molecule has 0 aliphatic carbocycles. The van der Waals surface area contributed by atoms with Gasteiger partial charge in [0.1, 0.15) is 12.2 Å². The third-order valence-electron chi connectivity index (χ3n) is 6.00. The number of ether oxygens (including phenoxy) is 1. The van der Waals surface area contributed by atoms with E-state index in [0.29, 0.717) is 46.8 Å². The van der Waals surface area contributed by atoms with Crippen LogP contribution in [0.1, 0.15) is 41.3 Å². The lowest BCUT2D eigenvalue weighted by Crippen LogP contribution is -2.42. The maximum atomic E-state index is 13.3. The van der Waals surface area contributed by atoms with Gasteiger partial charge in [-0.1, -0.05) is 36.7 Å². The standard InChI is InChI=1S/C23H22ClN3O3/c1-3-17-21-19(30-22(28)15-7-5-4-6-8-15)11-12-26(21)23(29)27(17)18-10-9-16(13-25)20(24)14(18)2/h4-10,17,19,21H,3,11-12H2,1-2H3/t17-,19+,21+/m0/s1. The average molecular weight is 424 g/mol. The van der Waals surface area contributed by atoms with Gasteiger partial charge in [-0.25, -0.2) is 9.59 Å². The van der Waals surface area contributed by atoms with Gasteiger partial charge in [-0.3, -0.25) is 4.90 Å². The van der Waals surface area contributed by atoms with E-state index in [4.69, 9.17) is 16.3 Å². The summed E-state index contributed by atoms with van der Waals surface area (Å²) >= 11 is 6.36. The molecule has 0 bridgehead atoms. The SMILES string of the molecule is CC[C@H]1[C@@H]2[C@H](OC(=O)c3ccccc3)CCN2C(=O)N1c1ccc(C#N)c(Cl)c1C.